The van der Waals surface area contributed by atoms with Gasteiger partial charge in [0.05, 0.1) is 12.2 Å². The minimum atomic E-state index is -0.422. The van der Waals surface area contributed by atoms with Gasteiger partial charge in [-0.2, -0.15) is 0 Å². The Morgan fingerprint density at radius 1 is 1.32 bits per heavy atom. The summed E-state index contributed by atoms with van der Waals surface area (Å²) in [7, 11) is 0. The van der Waals surface area contributed by atoms with Crippen molar-refractivity contribution in [2.75, 3.05) is 6.26 Å². The third-order valence-electron chi connectivity index (χ3n) is 4.28. The molecule has 0 N–H and O–H groups in total. The molecule has 25 heavy (non-hydrogen) atoms. The molecule has 0 spiro atoms. The molecule has 7 heteroatoms. The van der Waals surface area contributed by atoms with Crippen LogP contribution in [-0.2, 0) is 24.3 Å². The van der Waals surface area contributed by atoms with Gasteiger partial charge in [-0.3, -0.25) is 4.90 Å². The van der Waals surface area contributed by atoms with E-state index in [1.165, 1.54) is 11.8 Å². The second-order valence-electron chi connectivity index (χ2n) is 6.54. The molecule has 2 heterocycles. The Morgan fingerprint density at radius 2 is 2.04 bits per heavy atom. The minimum Gasteiger partial charge on any atom is -0.445 e. The van der Waals surface area contributed by atoms with Crippen molar-refractivity contribution in [2.24, 2.45) is 0 Å². The molecule has 0 radical (unpaired) electrons. The Kier molecular flexibility index (Phi) is 5.20. The molecule has 132 valence electrons. The van der Waals surface area contributed by atoms with Gasteiger partial charge in [0.1, 0.15) is 11.8 Å². The number of aromatic nitrogens is 2. The van der Waals surface area contributed by atoms with Crippen molar-refractivity contribution in [3.05, 3.63) is 52.3 Å². The molecule has 0 unspecified atom stereocenters. The van der Waals surface area contributed by atoms with Gasteiger partial charge >= 0.3 is 6.09 Å². The molecule has 0 bridgehead atoms. The number of rotatable bonds is 3. The third kappa shape index (κ3) is 3.90. The number of thioether (sulfide) groups is 1. The van der Waals surface area contributed by atoms with Crippen molar-refractivity contribution in [2.45, 2.75) is 44.1 Å². The zero-order valence-electron chi connectivity index (χ0n) is 14.5. The first-order valence-electron chi connectivity index (χ1n) is 7.98. The molecule has 2 aromatic rings. The molecular weight excluding hydrogens is 358 g/mol. The number of hydrogen-bond donors (Lipinski definition) is 0. The average Bonchev–Trinajstić information content (AvgIpc) is 2.60. The van der Waals surface area contributed by atoms with E-state index in [2.05, 4.69) is 9.97 Å². The Labute approximate surface area is 156 Å². The van der Waals surface area contributed by atoms with E-state index < -0.39 is 5.54 Å². The van der Waals surface area contributed by atoms with Crippen LogP contribution < -0.4 is 0 Å². The predicted octanol–water partition coefficient (Wildman–Crippen LogP) is 4.33. The van der Waals surface area contributed by atoms with Gasteiger partial charge in [0.2, 0.25) is 0 Å². The maximum absolute atomic E-state index is 12.7. The van der Waals surface area contributed by atoms with E-state index in [-0.39, 0.29) is 12.7 Å². The molecule has 1 amide bonds. The van der Waals surface area contributed by atoms with Gasteiger partial charge in [0, 0.05) is 17.5 Å². The van der Waals surface area contributed by atoms with E-state index in [0.717, 1.165) is 16.8 Å². The lowest BCUT2D eigenvalue weighted by Crippen LogP contribution is -2.52. The first-order valence-corrected chi connectivity index (χ1v) is 9.58. The maximum atomic E-state index is 12.7. The number of carbonyl (C=O) groups is 1. The summed E-state index contributed by atoms with van der Waals surface area (Å²) >= 11 is 7.75. The minimum absolute atomic E-state index is 0.250. The van der Waals surface area contributed by atoms with Gasteiger partial charge in [-0.15, -0.1) is 0 Å². The van der Waals surface area contributed by atoms with Crippen molar-refractivity contribution in [3.8, 4) is 0 Å². The van der Waals surface area contributed by atoms with Gasteiger partial charge in [0.25, 0.3) is 0 Å². The second kappa shape index (κ2) is 7.22. The lowest BCUT2D eigenvalue weighted by molar-refractivity contribution is 0.0462. The standard InChI is InChI=1S/C18H20ClN3O2S/c1-18(2)9-13-14(20-16(25-3)21-15(13)19)10-22(18)17(23)24-11-12-7-5-4-6-8-12/h4-8H,9-11H2,1-3H3. The molecule has 0 fully saturated rings. The molecule has 0 saturated heterocycles. The topological polar surface area (TPSA) is 55.3 Å². The highest BCUT2D eigenvalue weighted by Crippen LogP contribution is 2.34. The highest BCUT2D eigenvalue weighted by Gasteiger charge is 2.39. The summed E-state index contributed by atoms with van der Waals surface area (Å²) in [6, 6.07) is 9.65. The first kappa shape index (κ1) is 18.0. The molecule has 3 rings (SSSR count). The number of halogens is 1. The number of hydrogen-bond acceptors (Lipinski definition) is 5. The fourth-order valence-corrected chi connectivity index (χ4v) is 3.57. The maximum Gasteiger partial charge on any atom is 0.410 e. The molecule has 5 nitrogen and oxygen atoms in total. The van der Waals surface area contributed by atoms with Crippen LogP contribution in [0.25, 0.3) is 0 Å². The van der Waals surface area contributed by atoms with Crippen molar-refractivity contribution in [1.82, 2.24) is 14.9 Å². The highest BCUT2D eigenvalue weighted by molar-refractivity contribution is 7.98. The van der Waals surface area contributed by atoms with E-state index in [9.17, 15) is 4.79 Å². The third-order valence-corrected chi connectivity index (χ3v) is 5.14. The molecule has 0 aliphatic carbocycles. The van der Waals surface area contributed by atoms with Crippen molar-refractivity contribution in [1.29, 1.82) is 0 Å². The lowest BCUT2D eigenvalue weighted by Gasteiger charge is -2.42. The van der Waals surface area contributed by atoms with Gasteiger partial charge in [-0.05, 0) is 25.7 Å². The molecule has 0 saturated carbocycles. The molecule has 1 aromatic heterocycles. The highest BCUT2D eigenvalue weighted by atomic mass is 35.5. The second-order valence-corrected chi connectivity index (χ2v) is 7.67. The molecule has 0 atom stereocenters. The van der Waals surface area contributed by atoms with Crippen LogP contribution in [0.2, 0.25) is 5.15 Å². The van der Waals surface area contributed by atoms with Crippen LogP contribution in [0.1, 0.15) is 30.7 Å². The molecular formula is C18H20ClN3O2S. The largest absolute Gasteiger partial charge is 0.445 e. The summed E-state index contributed by atoms with van der Waals surface area (Å²) in [5, 5.41) is 1.08. The fraction of sp³-hybridized carbons (Fsp3) is 0.389. The van der Waals surface area contributed by atoms with Crippen LogP contribution in [0.3, 0.4) is 0 Å². The van der Waals surface area contributed by atoms with E-state index >= 15 is 0 Å². The SMILES string of the molecule is CSc1nc(Cl)c2c(n1)CN(C(=O)OCc1ccccc1)C(C)(C)C2. The summed E-state index contributed by atoms with van der Waals surface area (Å²) < 4.78 is 5.51. The number of carbonyl (C=O) groups excluding carboxylic acids is 1. The van der Waals surface area contributed by atoms with Crippen LogP contribution in [0.15, 0.2) is 35.5 Å². The number of fused-ring (bicyclic) bond motifs is 1. The lowest BCUT2D eigenvalue weighted by atomic mass is 9.89. The summed E-state index contributed by atoms with van der Waals surface area (Å²) in [5.74, 6) is 0. The number of nitrogens with zero attached hydrogens (tertiary/aromatic N) is 3. The Morgan fingerprint density at radius 3 is 2.72 bits per heavy atom. The summed E-state index contributed by atoms with van der Waals surface area (Å²) in [6.07, 6.45) is 2.15. The molecule has 1 aliphatic heterocycles. The van der Waals surface area contributed by atoms with Crippen LogP contribution in [0.4, 0.5) is 4.79 Å². The van der Waals surface area contributed by atoms with Gasteiger partial charge in [-0.1, -0.05) is 53.7 Å². The Hall–Kier alpha value is -1.79. The number of ether oxygens (including phenoxy) is 1. The Bertz CT molecular complexity index is 783. The normalized spacial score (nSPS) is 15.6. The smallest absolute Gasteiger partial charge is 0.410 e. The van der Waals surface area contributed by atoms with Crippen LogP contribution in [0.5, 0.6) is 0 Å². The number of amides is 1. The van der Waals surface area contributed by atoms with Gasteiger partial charge in [-0.25, -0.2) is 14.8 Å². The summed E-state index contributed by atoms with van der Waals surface area (Å²) in [5.41, 5.74) is 2.24. The quantitative estimate of drug-likeness (QED) is 0.453. The van der Waals surface area contributed by atoms with Crippen molar-refractivity contribution < 1.29 is 9.53 Å². The van der Waals surface area contributed by atoms with Crippen LogP contribution in [-0.4, -0.2) is 32.8 Å². The molecule has 1 aromatic carbocycles. The van der Waals surface area contributed by atoms with E-state index in [4.69, 9.17) is 16.3 Å². The van der Waals surface area contributed by atoms with Crippen LogP contribution in [0, 0.1) is 0 Å². The summed E-state index contributed by atoms with van der Waals surface area (Å²) in [4.78, 5) is 23.2. The summed E-state index contributed by atoms with van der Waals surface area (Å²) in [6.45, 7) is 4.61. The average molecular weight is 378 g/mol. The van der Waals surface area contributed by atoms with E-state index in [0.29, 0.717) is 23.3 Å². The number of benzene rings is 1. The zero-order valence-corrected chi connectivity index (χ0v) is 16.0. The monoisotopic (exact) mass is 377 g/mol. The first-order chi connectivity index (χ1) is 11.9. The fourth-order valence-electron chi connectivity index (χ4n) is 2.88. The zero-order chi connectivity index (χ0) is 18.0. The van der Waals surface area contributed by atoms with Crippen LogP contribution >= 0.6 is 23.4 Å². The predicted molar refractivity (Wildman–Crippen MR) is 98.8 cm³/mol. The Balaban J connectivity index is 1.79. The van der Waals surface area contributed by atoms with E-state index in [1.807, 2.05) is 50.4 Å². The van der Waals surface area contributed by atoms with Crippen molar-refractivity contribution in [3.63, 3.8) is 0 Å². The van der Waals surface area contributed by atoms with E-state index in [1.54, 1.807) is 4.90 Å². The molecule has 1 aliphatic rings. The van der Waals surface area contributed by atoms with Crippen molar-refractivity contribution >= 4 is 29.5 Å². The van der Waals surface area contributed by atoms with Gasteiger partial charge < -0.3 is 4.74 Å². The van der Waals surface area contributed by atoms with Gasteiger partial charge in [0.15, 0.2) is 5.16 Å².